The number of nitrogens with zero attached hydrogens (tertiary/aromatic N) is 1. The van der Waals surface area contributed by atoms with Crippen LogP contribution in [0.2, 0.25) is 0 Å². The Balaban J connectivity index is 2.73. The van der Waals surface area contributed by atoms with E-state index in [1.165, 1.54) is 0 Å². The van der Waals surface area contributed by atoms with E-state index < -0.39 is 27.9 Å². The molecule has 0 aromatic heterocycles. The summed E-state index contributed by atoms with van der Waals surface area (Å²) >= 11 is 0. The highest BCUT2D eigenvalue weighted by molar-refractivity contribution is 5.62. The Morgan fingerprint density at radius 2 is 2.11 bits per heavy atom. The maximum Gasteiger partial charge on any atom is 0.295 e. The van der Waals surface area contributed by atoms with Crippen LogP contribution in [0.1, 0.15) is 12.8 Å². The van der Waals surface area contributed by atoms with E-state index in [1.807, 2.05) is 0 Å². The summed E-state index contributed by atoms with van der Waals surface area (Å²) in [4.78, 5) is 9.93. The van der Waals surface area contributed by atoms with Gasteiger partial charge in [-0.05, 0) is 18.9 Å². The molecule has 0 amide bonds. The van der Waals surface area contributed by atoms with Crippen molar-refractivity contribution in [2.45, 2.75) is 12.8 Å². The highest BCUT2D eigenvalue weighted by atomic mass is 19.2. The normalized spacial score (nSPS) is 10.4. The summed E-state index contributed by atoms with van der Waals surface area (Å²) in [5.74, 6) is -2.34. The lowest BCUT2D eigenvalue weighted by Gasteiger charge is -2.08. The van der Waals surface area contributed by atoms with Crippen LogP contribution in [0.25, 0.3) is 0 Å². The van der Waals surface area contributed by atoms with Crippen LogP contribution >= 0.6 is 0 Å². The first kappa shape index (κ1) is 14.3. The van der Waals surface area contributed by atoms with Crippen LogP contribution in [0.3, 0.4) is 0 Å². The summed E-state index contributed by atoms with van der Waals surface area (Å²) in [6, 6.07) is 1.68. The van der Waals surface area contributed by atoms with Gasteiger partial charge in [0.2, 0.25) is 0 Å². The van der Waals surface area contributed by atoms with Crippen molar-refractivity contribution >= 4 is 11.4 Å². The minimum absolute atomic E-state index is 0.310. The topological polar surface area (TPSA) is 64.4 Å². The summed E-state index contributed by atoms with van der Waals surface area (Å²) in [5, 5.41) is 13.2. The van der Waals surface area contributed by atoms with Gasteiger partial charge in [-0.15, -0.1) is 0 Å². The molecule has 5 nitrogen and oxygen atoms in total. The van der Waals surface area contributed by atoms with Crippen LogP contribution in [-0.4, -0.2) is 25.2 Å². The number of halogens is 2. The van der Waals surface area contributed by atoms with Crippen LogP contribution in [0.15, 0.2) is 12.1 Å². The van der Waals surface area contributed by atoms with Gasteiger partial charge < -0.3 is 10.1 Å². The number of nitrogens with one attached hydrogen (secondary N) is 1. The third-order valence-corrected chi connectivity index (χ3v) is 2.35. The molecule has 0 aliphatic carbocycles. The third kappa shape index (κ3) is 3.63. The molecule has 0 saturated heterocycles. The van der Waals surface area contributed by atoms with E-state index in [0.29, 0.717) is 19.6 Å². The number of benzene rings is 1. The molecule has 18 heavy (non-hydrogen) atoms. The fraction of sp³-hybridized carbons (Fsp3) is 0.455. The number of methoxy groups -OCH3 is 1. The molecular weight excluding hydrogens is 246 g/mol. The van der Waals surface area contributed by atoms with Gasteiger partial charge in [0.15, 0.2) is 17.3 Å². The predicted molar refractivity (Wildman–Crippen MR) is 62.6 cm³/mol. The summed E-state index contributed by atoms with van der Waals surface area (Å²) in [5.41, 5.74) is -0.877. The van der Waals surface area contributed by atoms with Gasteiger partial charge in [0.1, 0.15) is 0 Å². The summed E-state index contributed by atoms with van der Waals surface area (Å²) < 4.78 is 31.3. The average molecular weight is 260 g/mol. The molecule has 0 radical (unpaired) electrons. The zero-order valence-electron chi connectivity index (χ0n) is 9.91. The molecule has 1 aromatic rings. The monoisotopic (exact) mass is 260 g/mol. The van der Waals surface area contributed by atoms with Crippen molar-refractivity contribution in [3.63, 3.8) is 0 Å². The van der Waals surface area contributed by atoms with Gasteiger partial charge in [-0.3, -0.25) is 10.1 Å². The number of unbranched alkanes of at least 4 members (excludes halogenated alkanes) is 1. The highest BCUT2D eigenvalue weighted by Crippen LogP contribution is 2.28. The minimum Gasteiger partial charge on any atom is -0.385 e. The Hall–Kier alpha value is -1.76. The van der Waals surface area contributed by atoms with Gasteiger partial charge in [-0.2, -0.15) is 0 Å². The number of ether oxygens (including phenoxy) is 1. The van der Waals surface area contributed by atoms with Gasteiger partial charge >= 0.3 is 0 Å². The molecule has 0 fully saturated rings. The molecule has 1 rings (SSSR count). The number of rotatable bonds is 7. The Labute approximate surface area is 103 Å². The van der Waals surface area contributed by atoms with Crippen molar-refractivity contribution in [1.29, 1.82) is 0 Å². The molecule has 0 unspecified atom stereocenters. The maximum absolute atomic E-state index is 13.4. The van der Waals surface area contributed by atoms with Gasteiger partial charge in [0.25, 0.3) is 5.69 Å². The highest BCUT2D eigenvalue weighted by Gasteiger charge is 2.20. The van der Waals surface area contributed by atoms with Crippen LogP contribution in [0.4, 0.5) is 20.2 Å². The first-order chi connectivity index (χ1) is 8.57. The first-order valence-corrected chi connectivity index (χ1v) is 5.43. The number of hydrogen-bond donors (Lipinski definition) is 1. The van der Waals surface area contributed by atoms with Gasteiger partial charge in [0.05, 0.1) is 4.92 Å². The second-order valence-electron chi connectivity index (χ2n) is 3.64. The molecule has 7 heteroatoms. The SMILES string of the molecule is COCCCCNc1c([N+](=O)[O-])ccc(F)c1F. The maximum atomic E-state index is 13.4. The second-order valence-corrected chi connectivity index (χ2v) is 3.64. The number of hydrogen-bond acceptors (Lipinski definition) is 4. The van der Waals surface area contributed by atoms with E-state index in [2.05, 4.69) is 5.32 Å². The molecule has 1 N–H and O–H groups in total. The zero-order chi connectivity index (χ0) is 13.5. The third-order valence-electron chi connectivity index (χ3n) is 2.35. The lowest BCUT2D eigenvalue weighted by atomic mass is 10.2. The molecular formula is C11H14F2N2O3. The van der Waals surface area contributed by atoms with Gasteiger partial charge in [0, 0.05) is 26.3 Å². The van der Waals surface area contributed by atoms with E-state index in [0.717, 1.165) is 18.6 Å². The van der Waals surface area contributed by atoms with Crippen LogP contribution in [-0.2, 0) is 4.74 Å². The fourth-order valence-corrected chi connectivity index (χ4v) is 1.45. The standard InChI is InChI=1S/C11H14F2N2O3/c1-18-7-3-2-6-14-11-9(15(16)17)5-4-8(12)10(11)13/h4-5,14H,2-3,6-7H2,1H3. The number of nitro benzene ring substituents is 1. The van der Waals surface area contributed by atoms with Crippen LogP contribution < -0.4 is 5.32 Å². The van der Waals surface area contributed by atoms with Gasteiger partial charge in [-0.25, -0.2) is 8.78 Å². The molecule has 0 aliphatic heterocycles. The largest absolute Gasteiger partial charge is 0.385 e. The van der Waals surface area contributed by atoms with E-state index in [9.17, 15) is 18.9 Å². The lowest BCUT2D eigenvalue weighted by molar-refractivity contribution is -0.384. The Kier molecular flexibility index (Phi) is 5.44. The Morgan fingerprint density at radius 3 is 2.72 bits per heavy atom. The van der Waals surface area contributed by atoms with Crippen LogP contribution in [0, 0.1) is 21.7 Å². The van der Waals surface area contributed by atoms with Crippen molar-refractivity contribution < 1.29 is 18.4 Å². The smallest absolute Gasteiger partial charge is 0.295 e. The Bertz CT molecular complexity index is 427. The molecule has 1 aromatic carbocycles. The molecule has 100 valence electrons. The van der Waals surface area contributed by atoms with E-state index in [4.69, 9.17) is 4.74 Å². The molecule has 0 bridgehead atoms. The molecule has 0 aliphatic rings. The number of nitro groups is 1. The fourth-order valence-electron chi connectivity index (χ4n) is 1.45. The quantitative estimate of drug-likeness (QED) is 0.465. The van der Waals surface area contributed by atoms with Crippen molar-refractivity contribution in [3.05, 3.63) is 33.9 Å². The molecule has 0 spiro atoms. The van der Waals surface area contributed by atoms with Crippen molar-refractivity contribution in [3.8, 4) is 0 Å². The number of anilines is 1. The lowest BCUT2D eigenvalue weighted by Crippen LogP contribution is -2.08. The minimum atomic E-state index is -1.23. The second kappa shape index (κ2) is 6.85. The zero-order valence-corrected chi connectivity index (χ0v) is 9.91. The van der Waals surface area contributed by atoms with E-state index in [-0.39, 0.29) is 0 Å². The van der Waals surface area contributed by atoms with E-state index >= 15 is 0 Å². The molecule has 0 saturated carbocycles. The van der Waals surface area contributed by atoms with Crippen molar-refractivity contribution in [2.75, 3.05) is 25.6 Å². The van der Waals surface area contributed by atoms with Gasteiger partial charge in [-0.1, -0.05) is 0 Å². The first-order valence-electron chi connectivity index (χ1n) is 5.43. The van der Waals surface area contributed by atoms with Crippen LogP contribution in [0.5, 0.6) is 0 Å². The van der Waals surface area contributed by atoms with Crippen molar-refractivity contribution in [2.24, 2.45) is 0 Å². The summed E-state index contributed by atoms with van der Waals surface area (Å²) in [6.45, 7) is 0.861. The van der Waals surface area contributed by atoms with Crippen molar-refractivity contribution in [1.82, 2.24) is 0 Å². The summed E-state index contributed by atoms with van der Waals surface area (Å²) in [6.07, 6.45) is 1.37. The molecule has 0 heterocycles. The van der Waals surface area contributed by atoms with E-state index in [1.54, 1.807) is 7.11 Å². The molecule has 0 atom stereocenters. The Morgan fingerprint density at radius 1 is 1.39 bits per heavy atom. The summed E-state index contributed by atoms with van der Waals surface area (Å²) in [7, 11) is 1.56. The average Bonchev–Trinajstić information content (AvgIpc) is 2.33. The predicted octanol–water partition coefficient (Wildman–Crippen LogP) is 2.71.